The van der Waals surface area contributed by atoms with Gasteiger partial charge in [-0.25, -0.2) is 9.18 Å². The fraction of sp³-hybridized carbons (Fsp3) is 0.550. The van der Waals surface area contributed by atoms with E-state index in [0.29, 0.717) is 52.1 Å². The zero-order valence-corrected chi connectivity index (χ0v) is 17.5. The van der Waals surface area contributed by atoms with Crippen LogP contribution in [0.3, 0.4) is 0 Å². The van der Waals surface area contributed by atoms with E-state index >= 15 is 0 Å². The van der Waals surface area contributed by atoms with E-state index in [0.717, 1.165) is 6.07 Å². The summed E-state index contributed by atoms with van der Waals surface area (Å²) < 4.78 is 13.2. The standard InChI is InChI=1S/C20H26ClFN4O3/c1-23(2)20(29)26-7-5-14(6-8-26)18(27)24-9-11-25(12-10-24)19(28)16-4-3-15(22)13-17(16)21/h3-4,13-14H,5-12H2,1-2H3. The summed E-state index contributed by atoms with van der Waals surface area (Å²) >= 11 is 5.99. The van der Waals surface area contributed by atoms with Crippen LogP contribution in [0.4, 0.5) is 9.18 Å². The van der Waals surface area contributed by atoms with Gasteiger partial charge in [-0.05, 0) is 31.0 Å². The molecule has 9 heteroatoms. The Hall–Kier alpha value is -2.35. The van der Waals surface area contributed by atoms with Crippen molar-refractivity contribution in [3.63, 3.8) is 0 Å². The van der Waals surface area contributed by atoms with Crippen LogP contribution in [0.1, 0.15) is 23.2 Å². The summed E-state index contributed by atoms with van der Waals surface area (Å²) in [4.78, 5) is 44.3. The molecule has 0 aliphatic carbocycles. The van der Waals surface area contributed by atoms with Gasteiger partial charge in [-0.3, -0.25) is 9.59 Å². The molecule has 0 radical (unpaired) electrons. The molecule has 4 amide bonds. The molecule has 29 heavy (non-hydrogen) atoms. The number of nitrogens with zero attached hydrogens (tertiary/aromatic N) is 4. The van der Waals surface area contributed by atoms with Gasteiger partial charge in [-0.2, -0.15) is 0 Å². The third-order valence-corrected chi connectivity index (χ3v) is 5.85. The maximum absolute atomic E-state index is 13.2. The first-order valence-corrected chi connectivity index (χ1v) is 10.1. The summed E-state index contributed by atoms with van der Waals surface area (Å²) in [7, 11) is 3.44. The highest BCUT2D eigenvalue weighted by molar-refractivity contribution is 6.33. The van der Waals surface area contributed by atoms with Crippen LogP contribution < -0.4 is 0 Å². The van der Waals surface area contributed by atoms with Crippen molar-refractivity contribution in [2.45, 2.75) is 12.8 Å². The van der Waals surface area contributed by atoms with E-state index in [4.69, 9.17) is 11.6 Å². The van der Waals surface area contributed by atoms with Crippen LogP contribution in [0, 0.1) is 11.7 Å². The second-order valence-corrected chi connectivity index (χ2v) is 8.09. The number of carbonyl (C=O) groups is 3. The first-order valence-electron chi connectivity index (χ1n) is 9.77. The molecule has 0 atom stereocenters. The predicted octanol–water partition coefficient (Wildman–Crippen LogP) is 2.16. The summed E-state index contributed by atoms with van der Waals surface area (Å²) in [6.07, 6.45) is 1.31. The largest absolute Gasteiger partial charge is 0.339 e. The lowest BCUT2D eigenvalue weighted by Gasteiger charge is -2.39. The third-order valence-electron chi connectivity index (χ3n) is 5.54. The van der Waals surface area contributed by atoms with E-state index in [9.17, 15) is 18.8 Å². The average molecular weight is 425 g/mol. The van der Waals surface area contributed by atoms with Gasteiger partial charge in [0.25, 0.3) is 5.91 Å². The first kappa shape index (κ1) is 21.4. The molecular weight excluding hydrogens is 399 g/mol. The predicted molar refractivity (Wildman–Crippen MR) is 107 cm³/mol. The van der Waals surface area contributed by atoms with Crippen LogP contribution in [-0.2, 0) is 4.79 Å². The number of rotatable bonds is 2. The van der Waals surface area contributed by atoms with Gasteiger partial charge in [-0.1, -0.05) is 11.6 Å². The molecule has 2 saturated heterocycles. The summed E-state index contributed by atoms with van der Waals surface area (Å²) in [5.41, 5.74) is 0.269. The van der Waals surface area contributed by atoms with Crippen molar-refractivity contribution in [3.8, 4) is 0 Å². The lowest BCUT2D eigenvalue weighted by molar-refractivity contribution is -0.138. The summed E-state index contributed by atoms with van der Waals surface area (Å²) in [6, 6.07) is 3.71. The quantitative estimate of drug-likeness (QED) is 0.730. The molecule has 1 aromatic carbocycles. The maximum Gasteiger partial charge on any atom is 0.319 e. The van der Waals surface area contributed by atoms with Gasteiger partial charge in [-0.15, -0.1) is 0 Å². The van der Waals surface area contributed by atoms with E-state index in [1.807, 2.05) is 0 Å². The van der Waals surface area contributed by atoms with Gasteiger partial charge >= 0.3 is 6.03 Å². The number of piperazine rings is 1. The second kappa shape index (κ2) is 8.98. The fourth-order valence-electron chi connectivity index (χ4n) is 3.82. The van der Waals surface area contributed by atoms with Gasteiger partial charge in [0.2, 0.25) is 5.91 Å². The lowest BCUT2D eigenvalue weighted by Crippen LogP contribution is -2.53. The van der Waals surface area contributed by atoms with Gasteiger partial charge in [0.1, 0.15) is 5.82 Å². The smallest absolute Gasteiger partial charge is 0.319 e. The van der Waals surface area contributed by atoms with Crippen LogP contribution in [0.15, 0.2) is 18.2 Å². The number of carbonyl (C=O) groups excluding carboxylic acids is 3. The van der Waals surface area contributed by atoms with E-state index in [1.54, 1.807) is 33.7 Å². The third kappa shape index (κ3) is 4.80. The van der Waals surface area contributed by atoms with Gasteiger partial charge in [0.05, 0.1) is 10.6 Å². The minimum absolute atomic E-state index is 0.0255. The highest BCUT2D eigenvalue weighted by Crippen LogP contribution is 2.23. The molecule has 3 rings (SSSR count). The topological polar surface area (TPSA) is 64.2 Å². The fourth-order valence-corrected chi connectivity index (χ4v) is 4.07. The van der Waals surface area contributed by atoms with Crippen molar-refractivity contribution in [2.75, 3.05) is 53.4 Å². The van der Waals surface area contributed by atoms with E-state index in [2.05, 4.69) is 0 Å². The van der Waals surface area contributed by atoms with Crippen molar-refractivity contribution in [2.24, 2.45) is 5.92 Å². The lowest BCUT2D eigenvalue weighted by atomic mass is 9.95. The average Bonchev–Trinajstić information content (AvgIpc) is 2.72. The van der Waals surface area contributed by atoms with Crippen molar-refractivity contribution in [1.29, 1.82) is 0 Å². The minimum Gasteiger partial charge on any atom is -0.339 e. The number of likely N-dealkylation sites (tertiary alicyclic amines) is 1. The molecule has 0 N–H and O–H groups in total. The van der Waals surface area contributed by atoms with Crippen molar-refractivity contribution >= 4 is 29.4 Å². The molecule has 7 nitrogen and oxygen atoms in total. The Bertz CT molecular complexity index is 788. The molecule has 2 aliphatic heterocycles. The SMILES string of the molecule is CN(C)C(=O)N1CCC(C(=O)N2CCN(C(=O)c3ccc(F)cc3Cl)CC2)CC1. The van der Waals surface area contributed by atoms with Crippen molar-refractivity contribution < 1.29 is 18.8 Å². The van der Waals surface area contributed by atoms with E-state index in [1.165, 1.54) is 12.1 Å². The molecule has 1 aromatic rings. The molecule has 158 valence electrons. The Morgan fingerprint density at radius 2 is 1.55 bits per heavy atom. The zero-order valence-electron chi connectivity index (χ0n) is 16.7. The Labute approximate surface area is 175 Å². The van der Waals surface area contributed by atoms with E-state index in [-0.39, 0.29) is 34.3 Å². The van der Waals surface area contributed by atoms with Crippen LogP contribution >= 0.6 is 11.6 Å². The molecule has 2 heterocycles. The van der Waals surface area contributed by atoms with Crippen LogP contribution in [0.25, 0.3) is 0 Å². The Morgan fingerprint density at radius 1 is 0.966 bits per heavy atom. The Kier molecular flexibility index (Phi) is 6.62. The van der Waals surface area contributed by atoms with Crippen LogP contribution in [0.2, 0.25) is 5.02 Å². The number of benzene rings is 1. The maximum atomic E-state index is 13.2. The van der Waals surface area contributed by atoms with Crippen LogP contribution in [0.5, 0.6) is 0 Å². The second-order valence-electron chi connectivity index (χ2n) is 7.68. The number of hydrogen-bond donors (Lipinski definition) is 0. The number of halogens is 2. The van der Waals surface area contributed by atoms with Crippen molar-refractivity contribution in [1.82, 2.24) is 19.6 Å². The first-order chi connectivity index (χ1) is 13.8. The highest BCUT2D eigenvalue weighted by atomic mass is 35.5. The van der Waals surface area contributed by atoms with Crippen molar-refractivity contribution in [3.05, 3.63) is 34.6 Å². The number of urea groups is 1. The normalized spacial score (nSPS) is 18.0. The summed E-state index contributed by atoms with van der Waals surface area (Å²) in [6.45, 7) is 2.90. The molecular formula is C20H26ClFN4O3. The number of hydrogen-bond acceptors (Lipinski definition) is 3. The molecule has 0 aromatic heterocycles. The Balaban J connectivity index is 1.51. The number of amides is 4. The summed E-state index contributed by atoms with van der Waals surface area (Å²) in [5.74, 6) is -0.734. The Morgan fingerprint density at radius 3 is 2.10 bits per heavy atom. The molecule has 0 bridgehead atoms. The van der Waals surface area contributed by atoms with Gasteiger partial charge in [0, 0.05) is 59.3 Å². The zero-order chi connectivity index (χ0) is 21.1. The van der Waals surface area contributed by atoms with E-state index < -0.39 is 5.82 Å². The van der Waals surface area contributed by atoms with Crippen LogP contribution in [-0.4, -0.2) is 90.8 Å². The van der Waals surface area contributed by atoms with Gasteiger partial charge < -0.3 is 19.6 Å². The molecule has 2 fully saturated rings. The molecule has 0 spiro atoms. The number of piperidine rings is 1. The molecule has 0 saturated carbocycles. The van der Waals surface area contributed by atoms with Gasteiger partial charge in [0.15, 0.2) is 0 Å². The monoisotopic (exact) mass is 424 g/mol. The summed E-state index contributed by atoms with van der Waals surface area (Å²) in [5, 5.41) is 0.0903. The molecule has 2 aliphatic rings. The minimum atomic E-state index is -0.486. The molecule has 0 unspecified atom stereocenters. The highest BCUT2D eigenvalue weighted by Gasteiger charge is 2.33.